The maximum Gasteiger partial charge on any atom is 0.251 e. The highest BCUT2D eigenvalue weighted by atomic mass is 16.5. The fraction of sp³-hybridized carbons (Fsp3) is 0.208. The Labute approximate surface area is 166 Å². The number of ether oxygens (including phenoxy) is 1. The third kappa shape index (κ3) is 4.59. The van der Waals surface area contributed by atoms with Crippen molar-refractivity contribution in [3.8, 4) is 16.9 Å². The average molecular weight is 375 g/mol. The second-order valence-corrected chi connectivity index (χ2v) is 7.03. The second kappa shape index (κ2) is 9.20. The van der Waals surface area contributed by atoms with E-state index in [0.717, 1.165) is 22.4 Å². The van der Waals surface area contributed by atoms with E-state index >= 15 is 0 Å². The summed E-state index contributed by atoms with van der Waals surface area (Å²) >= 11 is 0. The van der Waals surface area contributed by atoms with Crippen molar-refractivity contribution < 1.29 is 14.4 Å². The first-order valence-corrected chi connectivity index (χ1v) is 9.47. The summed E-state index contributed by atoms with van der Waals surface area (Å²) in [6.45, 7) is 0.530. The maximum atomic E-state index is 12.7. The van der Waals surface area contributed by atoms with Gasteiger partial charge < -0.3 is 15.0 Å². The van der Waals surface area contributed by atoms with Crippen molar-refractivity contribution in [1.82, 2.24) is 5.32 Å². The summed E-state index contributed by atoms with van der Waals surface area (Å²) in [6, 6.07) is 25.9. The molecule has 1 atom stereocenters. The van der Waals surface area contributed by atoms with Crippen LogP contribution in [-0.4, -0.2) is 33.7 Å². The summed E-state index contributed by atoms with van der Waals surface area (Å²) in [5.41, 5.74) is 3.99. The van der Waals surface area contributed by atoms with E-state index in [1.165, 1.54) is 4.90 Å². The van der Waals surface area contributed by atoms with E-state index in [9.17, 15) is 4.79 Å². The van der Waals surface area contributed by atoms with Crippen LogP contribution in [0.25, 0.3) is 11.1 Å². The van der Waals surface area contributed by atoms with Crippen molar-refractivity contribution in [3.05, 3.63) is 90.0 Å². The minimum Gasteiger partial charge on any atom is -0.496 e. The number of carbonyl (C=O) groups is 1. The molecule has 0 aliphatic rings. The predicted molar refractivity (Wildman–Crippen MR) is 113 cm³/mol. The van der Waals surface area contributed by atoms with Gasteiger partial charge in [0.25, 0.3) is 5.91 Å². The van der Waals surface area contributed by atoms with Crippen molar-refractivity contribution in [2.45, 2.75) is 6.04 Å². The first-order valence-electron chi connectivity index (χ1n) is 9.47. The standard InChI is InChI=1S/C24H26N2O2/c1-26(2)22(21-11-7-8-12-23(21)28-3)17-25-24(27)20-15-13-19(14-16-20)18-9-5-4-6-10-18/h4-16,22H,17H2,1-3H3,(H,25,27)/p+1/t22-/m0/s1. The molecule has 0 radical (unpaired) electrons. The van der Waals surface area contributed by atoms with Gasteiger partial charge in [-0.15, -0.1) is 0 Å². The van der Waals surface area contributed by atoms with Crippen LogP contribution in [0.15, 0.2) is 78.9 Å². The van der Waals surface area contributed by atoms with Gasteiger partial charge in [0.2, 0.25) is 0 Å². The molecule has 28 heavy (non-hydrogen) atoms. The molecule has 144 valence electrons. The van der Waals surface area contributed by atoms with E-state index in [4.69, 9.17) is 4.74 Å². The monoisotopic (exact) mass is 375 g/mol. The van der Waals surface area contributed by atoms with Gasteiger partial charge in [0, 0.05) is 5.56 Å². The van der Waals surface area contributed by atoms with Crippen molar-refractivity contribution in [1.29, 1.82) is 0 Å². The Hall–Kier alpha value is -3.11. The molecular formula is C24H27N2O2+. The lowest BCUT2D eigenvalue weighted by Crippen LogP contribution is -3.07. The fourth-order valence-electron chi connectivity index (χ4n) is 3.32. The van der Waals surface area contributed by atoms with Crippen molar-refractivity contribution >= 4 is 5.91 Å². The van der Waals surface area contributed by atoms with Gasteiger partial charge in [-0.05, 0) is 35.4 Å². The molecule has 0 spiro atoms. The largest absolute Gasteiger partial charge is 0.496 e. The van der Waals surface area contributed by atoms with Crippen LogP contribution < -0.4 is 15.0 Å². The highest BCUT2D eigenvalue weighted by Crippen LogP contribution is 2.23. The third-order valence-electron chi connectivity index (χ3n) is 4.93. The van der Waals surface area contributed by atoms with E-state index in [1.807, 2.05) is 60.7 Å². The highest BCUT2D eigenvalue weighted by Gasteiger charge is 2.22. The molecule has 0 bridgehead atoms. The van der Waals surface area contributed by atoms with E-state index in [2.05, 4.69) is 37.6 Å². The minimum atomic E-state index is -0.0687. The Morgan fingerprint density at radius 1 is 0.893 bits per heavy atom. The third-order valence-corrected chi connectivity index (χ3v) is 4.93. The molecule has 3 aromatic carbocycles. The molecule has 3 rings (SSSR count). The lowest BCUT2D eigenvalue weighted by Gasteiger charge is -2.23. The molecule has 0 aromatic heterocycles. The van der Waals surface area contributed by atoms with Crippen LogP contribution in [0.3, 0.4) is 0 Å². The summed E-state index contributed by atoms with van der Waals surface area (Å²) in [4.78, 5) is 13.9. The molecule has 4 heteroatoms. The van der Waals surface area contributed by atoms with Crippen molar-refractivity contribution in [3.63, 3.8) is 0 Å². The lowest BCUT2D eigenvalue weighted by molar-refractivity contribution is -0.890. The minimum absolute atomic E-state index is 0.0687. The zero-order chi connectivity index (χ0) is 19.9. The molecule has 2 N–H and O–H groups in total. The van der Waals surface area contributed by atoms with Gasteiger partial charge in [-0.1, -0.05) is 54.6 Å². The number of hydrogen-bond donors (Lipinski definition) is 2. The molecule has 3 aromatic rings. The Morgan fingerprint density at radius 2 is 1.50 bits per heavy atom. The number of benzene rings is 3. The number of amides is 1. The molecule has 1 amide bonds. The number of para-hydroxylation sites is 1. The van der Waals surface area contributed by atoms with E-state index in [0.29, 0.717) is 12.1 Å². The van der Waals surface area contributed by atoms with Gasteiger partial charge in [0.15, 0.2) is 0 Å². The first kappa shape index (κ1) is 19.6. The summed E-state index contributed by atoms with van der Waals surface area (Å²) in [7, 11) is 5.84. The number of quaternary nitrogens is 1. The zero-order valence-corrected chi connectivity index (χ0v) is 16.6. The summed E-state index contributed by atoms with van der Waals surface area (Å²) in [6.07, 6.45) is 0. The second-order valence-electron chi connectivity index (χ2n) is 7.03. The number of likely N-dealkylation sites (N-methyl/N-ethyl adjacent to an activating group) is 1. The summed E-state index contributed by atoms with van der Waals surface area (Å²) in [5.74, 6) is 0.774. The molecule has 0 unspecified atom stereocenters. The molecule has 0 aliphatic heterocycles. The molecule has 0 saturated heterocycles. The number of nitrogens with one attached hydrogen (secondary N) is 2. The van der Waals surface area contributed by atoms with E-state index in [1.54, 1.807) is 7.11 Å². The normalized spacial score (nSPS) is 11.9. The topological polar surface area (TPSA) is 42.8 Å². The number of hydrogen-bond acceptors (Lipinski definition) is 2. The Balaban J connectivity index is 1.70. The van der Waals surface area contributed by atoms with Crippen LogP contribution in [0.5, 0.6) is 5.75 Å². The van der Waals surface area contributed by atoms with Crippen molar-refractivity contribution in [2.24, 2.45) is 0 Å². The SMILES string of the molecule is COc1ccccc1[C@H](CNC(=O)c1ccc(-c2ccccc2)cc1)[NH+](C)C. The van der Waals surface area contributed by atoms with Gasteiger partial charge >= 0.3 is 0 Å². The van der Waals surface area contributed by atoms with Gasteiger partial charge in [-0.3, -0.25) is 4.79 Å². The molecule has 0 saturated carbocycles. The van der Waals surface area contributed by atoms with Gasteiger partial charge in [0.05, 0.1) is 33.3 Å². The van der Waals surface area contributed by atoms with Crippen LogP contribution >= 0.6 is 0 Å². The van der Waals surface area contributed by atoms with Gasteiger partial charge in [-0.25, -0.2) is 0 Å². The number of methoxy groups -OCH3 is 1. The van der Waals surface area contributed by atoms with Crippen LogP contribution in [-0.2, 0) is 0 Å². The maximum absolute atomic E-state index is 12.7. The smallest absolute Gasteiger partial charge is 0.251 e. The van der Waals surface area contributed by atoms with Crippen molar-refractivity contribution in [2.75, 3.05) is 27.7 Å². The lowest BCUT2D eigenvalue weighted by atomic mass is 10.0. The molecule has 0 heterocycles. The molecule has 0 fully saturated rings. The predicted octanol–water partition coefficient (Wildman–Crippen LogP) is 2.98. The average Bonchev–Trinajstić information content (AvgIpc) is 2.74. The number of rotatable bonds is 7. The highest BCUT2D eigenvalue weighted by molar-refractivity contribution is 5.94. The molecular weight excluding hydrogens is 348 g/mol. The van der Waals surface area contributed by atoms with Crippen LogP contribution in [0.2, 0.25) is 0 Å². The van der Waals surface area contributed by atoms with E-state index in [-0.39, 0.29) is 11.9 Å². The van der Waals surface area contributed by atoms with Crippen LogP contribution in [0.1, 0.15) is 22.0 Å². The zero-order valence-electron chi connectivity index (χ0n) is 16.6. The quantitative estimate of drug-likeness (QED) is 0.667. The fourth-order valence-corrected chi connectivity index (χ4v) is 3.32. The molecule has 4 nitrogen and oxygen atoms in total. The van der Waals surface area contributed by atoms with Crippen LogP contribution in [0.4, 0.5) is 0 Å². The molecule has 0 aliphatic carbocycles. The Kier molecular flexibility index (Phi) is 6.45. The first-order chi connectivity index (χ1) is 13.6. The van der Waals surface area contributed by atoms with Gasteiger partial charge in [0.1, 0.15) is 11.8 Å². The van der Waals surface area contributed by atoms with Crippen LogP contribution in [0, 0.1) is 0 Å². The van der Waals surface area contributed by atoms with Gasteiger partial charge in [-0.2, -0.15) is 0 Å². The number of carbonyl (C=O) groups excluding carboxylic acids is 1. The summed E-state index contributed by atoms with van der Waals surface area (Å²) < 4.78 is 5.50. The Morgan fingerprint density at radius 3 is 2.14 bits per heavy atom. The summed E-state index contributed by atoms with van der Waals surface area (Å²) in [5, 5.41) is 3.07. The van der Waals surface area contributed by atoms with E-state index < -0.39 is 0 Å². The Bertz CT molecular complexity index is 905.